The molecule has 1 aromatic rings. The van der Waals surface area contributed by atoms with Crippen LogP contribution in [0.15, 0.2) is 12.1 Å². The van der Waals surface area contributed by atoms with Crippen LogP contribution in [0, 0.1) is 10.1 Å². The molecule has 0 radical (unpaired) electrons. The number of nitro benzene ring substituents is 1. The Bertz CT molecular complexity index is 471. The molecule has 1 aliphatic heterocycles. The number of nitrogens with zero attached hydrogens (tertiary/aromatic N) is 2. The zero-order valence-corrected chi connectivity index (χ0v) is 10.7. The first-order chi connectivity index (χ1) is 9.11. The lowest BCUT2D eigenvalue weighted by molar-refractivity contribution is -0.386. The van der Waals surface area contributed by atoms with Crippen LogP contribution >= 0.6 is 0 Å². The number of phenols is 1. The van der Waals surface area contributed by atoms with Gasteiger partial charge >= 0.3 is 5.69 Å². The van der Waals surface area contributed by atoms with Crippen LogP contribution in [0.3, 0.4) is 0 Å². The molecule has 0 aliphatic carbocycles. The van der Waals surface area contributed by atoms with Gasteiger partial charge in [-0.3, -0.25) is 15.0 Å². The van der Waals surface area contributed by atoms with Crippen molar-refractivity contribution in [3.8, 4) is 11.5 Å². The van der Waals surface area contributed by atoms with Gasteiger partial charge in [-0.2, -0.15) is 0 Å². The van der Waals surface area contributed by atoms with Crippen LogP contribution in [-0.4, -0.2) is 48.3 Å². The molecule has 0 unspecified atom stereocenters. The third kappa shape index (κ3) is 3.12. The molecule has 0 atom stereocenters. The summed E-state index contributed by atoms with van der Waals surface area (Å²) >= 11 is 0. The van der Waals surface area contributed by atoms with E-state index in [1.165, 1.54) is 13.2 Å². The monoisotopic (exact) mass is 268 g/mol. The molecule has 0 bridgehead atoms. The number of benzene rings is 1. The fraction of sp³-hybridized carbons (Fsp3) is 0.500. The Hall–Kier alpha value is -1.86. The second kappa shape index (κ2) is 5.85. The summed E-state index contributed by atoms with van der Waals surface area (Å²) in [5.41, 5.74) is 0.408. The third-order valence-electron chi connectivity index (χ3n) is 3.04. The lowest BCUT2D eigenvalue weighted by atomic mass is 10.1. The van der Waals surface area contributed by atoms with Crippen LogP contribution in [0.1, 0.15) is 5.56 Å². The van der Waals surface area contributed by atoms with E-state index in [2.05, 4.69) is 4.90 Å². The molecule has 2 rings (SSSR count). The van der Waals surface area contributed by atoms with E-state index in [0.717, 1.165) is 18.7 Å². The first-order valence-corrected chi connectivity index (χ1v) is 5.96. The van der Waals surface area contributed by atoms with Crippen molar-refractivity contribution in [2.45, 2.75) is 6.54 Å². The number of phenolic OH excluding ortho intramolecular Hbond substituents is 1. The van der Waals surface area contributed by atoms with Crippen molar-refractivity contribution in [2.24, 2.45) is 0 Å². The number of aromatic hydroxyl groups is 1. The van der Waals surface area contributed by atoms with Gasteiger partial charge < -0.3 is 14.6 Å². The average Bonchev–Trinajstić information content (AvgIpc) is 2.41. The molecular formula is C12H16N2O5. The fourth-order valence-corrected chi connectivity index (χ4v) is 2.05. The van der Waals surface area contributed by atoms with Crippen molar-refractivity contribution in [1.29, 1.82) is 0 Å². The molecule has 1 aromatic carbocycles. The first-order valence-electron chi connectivity index (χ1n) is 5.96. The van der Waals surface area contributed by atoms with Gasteiger partial charge in [0, 0.05) is 25.7 Å². The maximum atomic E-state index is 10.9. The van der Waals surface area contributed by atoms with Gasteiger partial charge in [0.15, 0.2) is 5.75 Å². The lowest BCUT2D eigenvalue weighted by Gasteiger charge is -2.26. The summed E-state index contributed by atoms with van der Waals surface area (Å²) in [6.07, 6.45) is 0. The molecule has 1 aliphatic rings. The van der Waals surface area contributed by atoms with Crippen molar-refractivity contribution in [2.75, 3.05) is 33.4 Å². The van der Waals surface area contributed by atoms with Crippen molar-refractivity contribution < 1.29 is 19.5 Å². The zero-order chi connectivity index (χ0) is 13.8. The molecule has 104 valence electrons. The molecule has 0 saturated carbocycles. The van der Waals surface area contributed by atoms with E-state index in [4.69, 9.17) is 9.47 Å². The minimum atomic E-state index is -0.610. The number of nitro groups is 1. The predicted octanol–water partition coefficient (Wildman–Crippen LogP) is 1.14. The highest BCUT2D eigenvalue weighted by atomic mass is 16.6. The Balaban J connectivity index is 2.24. The van der Waals surface area contributed by atoms with Crippen LogP contribution in [0.5, 0.6) is 11.5 Å². The Kier molecular flexibility index (Phi) is 4.18. The second-order valence-electron chi connectivity index (χ2n) is 4.31. The fourth-order valence-electron chi connectivity index (χ4n) is 2.05. The Labute approximate surface area is 110 Å². The lowest BCUT2D eigenvalue weighted by Crippen LogP contribution is -2.35. The van der Waals surface area contributed by atoms with E-state index < -0.39 is 10.7 Å². The van der Waals surface area contributed by atoms with Crippen molar-refractivity contribution in [3.05, 3.63) is 27.8 Å². The van der Waals surface area contributed by atoms with Crippen molar-refractivity contribution >= 4 is 5.69 Å². The molecule has 1 N–H and O–H groups in total. The number of morpholine rings is 1. The van der Waals surface area contributed by atoms with Gasteiger partial charge in [0.25, 0.3) is 0 Å². The van der Waals surface area contributed by atoms with Crippen LogP contribution in [0.4, 0.5) is 5.69 Å². The number of ether oxygens (including phenoxy) is 2. The SMILES string of the molecule is COc1cc(CN2CCOCC2)cc([N+](=O)[O-])c1O. The van der Waals surface area contributed by atoms with Gasteiger partial charge in [-0.1, -0.05) is 0 Å². The third-order valence-corrected chi connectivity index (χ3v) is 3.04. The Morgan fingerprint density at radius 1 is 1.47 bits per heavy atom. The maximum absolute atomic E-state index is 10.9. The van der Waals surface area contributed by atoms with Gasteiger partial charge in [0.1, 0.15) is 0 Å². The normalized spacial score (nSPS) is 16.3. The highest BCUT2D eigenvalue weighted by molar-refractivity contribution is 5.57. The molecule has 0 aromatic heterocycles. The maximum Gasteiger partial charge on any atom is 0.314 e. The Morgan fingerprint density at radius 3 is 2.74 bits per heavy atom. The Morgan fingerprint density at radius 2 is 2.16 bits per heavy atom. The van der Waals surface area contributed by atoms with Gasteiger partial charge in [-0.05, 0) is 11.6 Å². The summed E-state index contributed by atoms with van der Waals surface area (Å²) in [5, 5.41) is 20.6. The number of hydrogen-bond acceptors (Lipinski definition) is 6. The van der Waals surface area contributed by atoms with Crippen LogP contribution in [0.2, 0.25) is 0 Å². The van der Waals surface area contributed by atoms with Crippen molar-refractivity contribution in [3.63, 3.8) is 0 Å². The quantitative estimate of drug-likeness (QED) is 0.651. The van der Waals surface area contributed by atoms with E-state index in [1.54, 1.807) is 6.07 Å². The van der Waals surface area contributed by atoms with Crippen molar-refractivity contribution in [1.82, 2.24) is 4.90 Å². The second-order valence-corrected chi connectivity index (χ2v) is 4.31. The molecule has 0 spiro atoms. The average molecular weight is 268 g/mol. The smallest absolute Gasteiger partial charge is 0.314 e. The molecule has 1 heterocycles. The van der Waals surface area contributed by atoms with Crippen LogP contribution < -0.4 is 4.74 Å². The summed E-state index contributed by atoms with van der Waals surface area (Å²) < 4.78 is 10.2. The summed E-state index contributed by atoms with van der Waals surface area (Å²) in [6.45, 7) is 3.48. The van der Waals surface area contributed by atoms with Gasteiger partial charge in [-0.25, -0.2) is 0 Å². The largest absolute Gasteiger partial charge is 0.500 e. The summed E-state index contributed by atoms with van der Waals surface area (Å²) in [7, 11) is 1.37. The van der Waals surface area contributed by atoms with E-state index in [9.17, 15) is 15.2 Å². The van der Waals surface area contributed by atoms with Gasteiger partial charge in [0.2, 0.25) is 5.75 Å². The molecule has 19 heavy (non-hydrogen) atoms. The van der Waals surface area contributed by atoms with Crippen LogP contribution in [-0.2, 0) is 11.3 Å². The molecule has 0 amide bonds. The minimum Gasteiger partial charge on any atom is -0.500 e. The summed E-state index contributed by atoms with van der Waals surface area (Å²) in [5.74, 6) is -0.310. The highest BCUT2D eigenvalue weighted by Crippen LogP contribution is 2.37. The molecule has 7 nitrogen and oxygen atoms in total. The minimum absolute atomic E-state index is 0.123. The highest BCUT2D eigenvalue weighted by Gasteiger charge is 2.21. The van der Waals surface area contributed by atoms with E-state index >= 15 is 0 Å². The predicted molar refractivity (Wildman–Crippen MR) is 67.4 cm³/mol. The molecule has 7 heteroatoms. The summed E-state index contributed by atoms with van der Waals surface area (Å²) in [4.78, 5) is 12.4. The topological polar surface area (TPSA) is 85.1 Å². The zero-order valence-electron chi connectivity index (χ0n) is 10.7. The van der Waals surface area contributed by atoms with Gasteiger partial charge in [-0.15, -0.1) is 0 Å². The standard InChI is InChI=1S/C12H16N2O5/c1-18-11-7-9(6-10(12(11)15)14(16)17)8-13-2-4-19-5-3-13/h6-7,15H,2-5,8H2,1H3. The molecule has 1 fully saturated rings. The van der Waals surface area contributed by atoms with E-state index in [1.807, 2.05) is 0 Å². The summed E-state index contributed by atoms with van der Waals surface area (Å²) in [6, 6.07) is 3.01. The first kappa shape index (κ1) is 13.6. The van der Waals surface area contributed by atoms with E-state index in [0.29, 0.717) is 19.8 Å². The van der Waals surface area contributed by atoms with E-state index in [-0.39, 0.29) is 11.4 Å². The van der Waals surface area contributed by atoms with Crippen LogP contribution in [0.25, 0.3) is 0 Å². The number of hydrogen-bond donors (Lipinski definition) is 1. The number of rotatable bonds is 4. The number of methoxy groups -OCH3 is 1. The van der Waals surface area contributed by atoms with Gasteiger partial charge in [0.05, 0.1) is 25.2 Å². The molecular weight excluding hydrogens is 252 g/mol. The molecule has 1 saturated heterocycles.